The van der Waals surface area contributed by atoms with Crippen molar-refractivity contribution in [1.29, 1.82) is 0 Å². The van der Waals surface area contributed by atoms with Gasteiger partial charge >= 0.3 is 0 Å². The average molecular weight is 348 g/mol. The number of nitrogens with one attached hydrogen (secondary N) is 1. The Morgan fingerprint density at radius 3 is 2.21 bits per heavy atom. The summed E-state index contributed by atoms with van der Waals surface area (Å²) in [5, 5.41) is 3.46. The molecule has 0 atom stereocenters. The molecule has 1 N–H and O–H groups in total. The molecule has 24 heavy (non-hydrogen) atoms. The number of amides is 1. The molecule has 0 aliphatic rings. The number of hydrogen-bond acceptors (Lipinski definition) is 3. The van der Waals surface area contributed by atoms with Gasteiger partial charge < -0.3 is 14.8 Å². The van der Waals surface area contributed by atoms with Crippen molar-refractivity contribution < 1.29 is 14.3 Å². The molecule has 0 spiro atoms. The minimum atomic E-state index is -0.0781. The molecule has 0 aliphatic heterocycles. The number of aryl methyl sites for hydroxylation is 3. The van der Waals surface area contributed by atoms with Gasteiger partial charge in [-0.3, -0.25) is 4.79 Å². The Labute approximate surface area is 147 Å². The molecule has 0 saturated carbocycles. The standard InChI is InChI=1S/C19H22ClNO3/c1-12-7-13(2)19(17(20)8-12)21-18(22)6-5-14-9-15(23-3)11-16(10-14)24-4/h7-11H,5-6H2,1-4H3,(H,21,22). The van der Waals surface area contributed by atoms with E-state index in [1.165, 1.54) is 0 Å². The van der Waals surface area contributed by atoms with E-state index in [1.807, 2.05) is 38.1 Å². The van der Waals surface area contributed by atoms with Crippen LogP contribution in [-0.2, 0) is 11.2 Å². The molecule has 0 radical (unpaired) electrons. The fourth-order valence-corrected chi connectivity index (χ4v) is 2.91. The average Bonchev–Trinajstić information content (AvgIpc) is 2.55. The Bertz CT molecular complexity index is 698. The van der Waals surface area contributed by atoms with Crippen molar-refractivity contribution in [3.63, 3.8) is 0 Å². The lowest BCUT2D eigenvalue weighted by Gasteiger charge is -2.12. The summed E-state index contributed by atoms with van der Waals surface area (Å²) in [5.41, 5.74) is 3.68. The zero-order valence-electron chi connectivity index (χ0n) is 14.4. The van der Waals surface area contributed by atoms with Gasteiger partial charge in [-0.25, -0.2) is 0 Å². The highest BCUT2D eigenvalue weighted by Gasteiger charge is 2.10. The first-order valence-electron chi connectivity index (χ1n) is 7.71. The molecule has 2 aromatic carbocycles. The minimum Gasteiger partial charge on any atom is -0.497 e. The topological polar surface area (TPSA) is 47.6 Å². The van der Waals surface area contributed by atoms with Gasteiger partial charge in [0.25, 0.3) is 0 Å². The third kappa shape index (κ3) is 4.65. The fourth-order valence-electron chi connectivity index (χ4n) is 2.54. The summed E-state index contributed by atoms with van der Waals surface area (Å²) in [5.74, 6) is 1.34. The molecule has 4 nitrogen and oxygen atoms in total. The van der Waals surface area contributed by atoms with E-state index in [9.17, 15) is 4.79 Å². The summed E-state index contributed by atoms with van der Waals surface area (Å²) in [4.78, 5) is 12.3. The molecule has 0 heterocycles. The fraction of sp³-hybridized carbons (Fsp3) is 0.316. The summed E-state index contributed by atoms with van der Waals surface area (Å²) < 4.78 is 10.5. The molecule has 0 aliphatic carbocycles. The molecule has 0 bridgehead atoms. The molecule has 2 rings (SSSR count). The Morgan fingerprint density at radius 2 is 1.67 bits per heavy atom. The Morgan fingerprint density at radius 1 is 1.04 bits per heavy atom. The maximum absolute atomic E-state index is 12.3. The lowest BCUT2D eigenvalue weighted by atomic mass is 10.1. The first-order valence-corrected chi connectivity index (χ1v) is 8.09. The molecular weight excluding hydrogens is 326 g/mol. The van der Waals surface area contributed by atoms with Crippen LogP contribution in [0, 0.1) is 13.8 Å². The number of rotatable bonds is 6. The smallest absolute Gasteiger partial charge is 0.224 e. The van der Waals surface area contributed by atoms with Crippen LogP contribution in [0.1, 0.15) is 23.1 Å². The van der Waals surface area contributed by atoms with E-state index in [0.717, 1.165) is 16.7 Å². The second-order valence-electron chi connectivity index (χ2n) is 5.71. The first kappa shape index (κ1) is 18.1. The number of hydrogen-bond donors (Lipinski definition) is 1. The minimum absolute atomic E-state index is 0.0781. The van der Waals surface area contributed by atoms with Crippen LogP contribution in [0.25, 0.3) is 0 Å². The number of halogens is 1. The SMILES string of the molecule is COc1cc(CCC(=O)Nc2c(C)cc(C)cc2Cl)cc(OC)c1. The quantitative estimate of drug-likeness (QED) is 0.834. The zero-order valence-corrected chi connectivity index (χ0v) is 15.2. The largest absolute Gasteiger partial charge is 0.497 e. The van der Waals surface area contributed by atoms with Crippen molar-refractivity contribution in [2.45, 2.75) is 26.7 Å². The van der Waals surface area contributed by atoms with Crippen molar-refractivity contribution in [2.24, 2.45) is 0 Å². The second-order valence-corrected chi connectivity index (χ2v) is 6.11. The molecule has 2 aromatic rings. The highest BCUT2D eigenvalue weighted by atomic mass is 35.5. The number of methoxy groups -OCH3 is 2. The number of ether oxygens (including phenoxy) is 2. The van der Waals surface area contributed by atoms with Crippen LogP contribution in [0.15, 0.2) is 30.3 Å². The van der Waals surface area contributed by atoms with Crippen molar-refractivity contribution in [3.8, 4) is 11.5 Å². The van der Waals surface area contributed by atoms with Gasteiger partial charge in [-0.2, -0.15) is 0 Å². The van der Waals surface area contributed by atoms with Crippen LogP contribution in [0.4, 0.5) is 5.69 Å². The van der Waals surface area contributed by atoms with Crippen LogP contribution >= 0.6 is 11.6 Å². The predicted molar refractivity (Wildman–Crippen MR) is 97.4 cm³/mol. The van der Waals surface area contributed by atoms with Crippen molar-refractivity contribution in [3.05, 3.63) is 52.0 Å². The second kappa shape index (κ2) is 8.06. The monoisotopic (exact) mass is 347 g/mol. The van der Waals surface area contributed by atoms with E-state index in [0.29, 0.717) is 35.1 Å². The Kier molecular flexibility index (Phi) is 6.10. The van der Waals surface area contributed by atoms with Crippen LogP contribution < -0.4 is 14.8 Å². The summed E-state index contributed by atoms with van der Waals surface area (Å²) in [6, 6.07) is 9.45. The van der Waals surface area contributed by atoms with Gasteiger partial charge in [0, 0.05) is 12.5 Å². The molecular formula is C19H22ClNO3. The number of benzene rings is 2. The molecule has 0 aromatic heterocycles. The predicted octanol–water partition coefficient (Wildman–Crippen LogP) is 4.55. The van der Waals surface area contributed by atoms with Crippen LogP contribution in [0.3, 0.4) is 0 Å². The summed E-state index contributed by atoms with van der Waals surface area (Å²) >= 11 is 6.23. The van der Waals surface area contributed by atoms with Crippen LogP contribution in [0.5, 0.6) is 11.5 Å². The highest BCUT2D eigenvalue weighted by molar-refractivity contribution is 6.34. The maximum atomic E-state index is 12.3. The molecule has 1 amide bonds. The summed E-state index contributed by atoms with van der Waals surface area (Å²) in [7, 11) is 3.21. The third-order valence-electron chi connectivity index (χ3n) is 3.75. The number of carbonyl (C=O) groups excluding carboxylic acids is 1. The van der Waals surface area contributed by atoms with Gasteiger partial charge in [-0.05, 0) is 55.2 Å². The van der Waals surface area contributed by atoms with Gasteiger partial charge in [-0.1, -0.05) is 17.7 Å². The van der Waals surface area contributed by atoms with Crippen molar-refractivity contribution >= 4 is 23.2 Å². The van der Waals surface area contributed by atoms with E-state index in [1.54, 1.807) is 20.3 Å². The van der Waals surface area contributed by atoms with Gasteiger partial charge in [0.15, 0.2) is 0 Å². The van der Waals surface area contributed by atoms with E-state index >= 15 is 0 Å². The summed E-state index contributed by atoms with van der Waals surface area (Å²) in [6.45, 7) is 3.90. The Hall–Kier alpha value is -2.20. The summed E-state index contributed by atoms with van der Waals surface area (Å²) in [6.07, 6.45) is 0.932. The number of anilines is 1. The van der Waals surface area contributed by atoms with Crippen LogP contribution in [-0.4, -0.2) is 20.1 Å². The third-order valence-corrected chi connectivity index (χ3v) is 4.05. The molecule has 128 valence electrons. The van der Waals surface area contributed by atoms with E-state index in [4.69, 9.17) is 21.1 Å². The van der Waals surface area contributed by atoms with E-state index < -0.39 is 0 Å². The van der Waals surface area contributed by atoms with Crippen molar-refractivity contribution in [2.75, 3.05) is 19.5 Å². The van der Waals surface area contributed by atoms with E-state index in [2.05, 4.69) is 5.32 Å². The van der Waals surface area contributed by atoms with Crippen molar-refractivity contribution in [1.82, 2.24) is 0 Å². The first-order chi connectivity index (χ1) is 11.4. The Balaban J connectivity index is 2.04. The lowest BCUT2D eigenvalue weighted by Crippen LogP contribution is -2.13. The molecule has 0 saturated heterocycles. The molecule has 0 fully saturated rings. The van der Waals surface area contributed by atoms with Gasteiger partial charge in [-0.15, -0.1) is 0 Å². The number of carbonyl (C=O) groups is 1. The highest BCUT2D eigenvalue weighted by Crippen LogP contribution is 2.28. The zero-order chi connectivity index (χ0) is 17.7. The van der Waals surface area contributed by atoms with Crippen LogP contribution in [0.2, 0.25) is 5.02 Å². The normalized spacial score (nSPS) is 10.4. The molecule has 5 heteroatoms. The van der Waals surface area contributed by atoms with E-state index in [-0.39, 0.29) is 5.91 Å². The lowest BCUT2D eigenvalue weighted by molar-refractivity contribution is -0.116. The van der Waals surface area contributed by atoms with Gasteiger partial charge in [0.2, 0.25) is 5.91 Å². The maximum Gasteiger partial charge on any atom is 0.224 e. The van der Waals surface area contributed by atoms with Gasteiger partial charge in [0.05, 0.1) is 24.9 Å². The van der Waals surface area contributed by atoms with Gasteiger partial charge in [0.1, 0.15) is 11.5 Å². The molecule has 0 unspecified atom stereocenters.